The predicted molar refractivity (Wildman–Crippen MR) is 124 cm³/mol. The zero-order chi connectivity index (χ0) is 22.8. The average Bonchev–Trinajstić information content (AvgIpc) is 3.34. The monoisotopic (exact) mass is 439 g/mol. The zero-order valence-corrected chi connectivity index (χ0v) is 17.8. The highest BCUT2D eigenvalue weighted by molar-refractivity contribution is 6.04. The molecule has 0 fully saturated rings. The molecule has 2 aromatic carbocycles. The first kappa shape index (κ1) is 20.3. The molecule has 0 spiro atoms. The molecule has 0 saturated heterocycles. The van der Waals surface area contributed by atoms with Gasteiger partial charge in [0.25, 0.3) is 5.91 Å². The van der Waals surface area contributed by atoms with E-state index in [-0.39, 0.29) is 5.91 Å². The number of anilines is 2. The van der Waals surface area contributed by atoms with E-state index in [9.17, 15) is 4.79 Å². The summed E-state index contributed by atoms with van der Waals surface area (Å²) in [6, 6.07) is 20.2. The van der Waals surface area contributed by atoms with Crippen molar-refractivity contribution in [1.82, 2.24) is 4.98 Å². The van der Waals surface area contributed by atoms with Gasteiger partial charge in [0.15, 0.2) is 6.17 Å². The maximum Gasteiger partial charge on any atom is 0.255 e. The largest absolute Gasteiger partial charge is 0.497 e. The smallest absolute Gasteiger partial charge is 0.255 e. The van der Waals surface area contributed by atoms with Crippen molar-refractivity contribution >= 4 is 23.1 Å². The molecule has 3 N–H and O–H groups in total. The first-order valence-corrected chi connectivity index (χ1v) is 10.3. The summed E-state index contributed by atoms with van der Waals surface area (Å²) < 4.78 is 10.8. The number of nitrogens with two attached hydrogens (primary N) is 1. The van der Waals surface area contributed by atoms with E-state index in [4.69, 9.17) is 19.9 Å². The van der Waals surface area contributed by atoms with Crippen LogP contribution in [0.2, 0.25) is 0 Å². The molecule has 0 radical (unpaired) electrons. The molecule has 1 unspecified atom stereocenters. The number of fused-ring (bicyclic) bond motifs is 1. The molecule has 1 aliphatic heterocycles. The third-order valence-corrected chi connectivity index (χ3v) is 5.38. The van der Waals surface area contributed by atoms with Crippen LogP contribution in [0.15, 0.2) is 94.8 Å². The second kappa shape index (κ2) is 8.51. The van der Waals surface area contributed by atoms with E-state index in [0.717, 1.165) is 17.0 Å². The fourth-order valence-electron chi connectivity index (χ4n) is 3.75. The first-order chi connectivity index (χ1) is 16.1. The highest BCUT2D eigenvalue weighted by Crippen LogP contribution is 2.33. The highest BCUT2D eigenvalue weighted by Gasteiger charge is 2.27. The molecule has 33 heavy (non-hydrogen) atoms. The van der Waals surface area contributed by atoms with E-state index in [0.29, 0.717) is 27.8 Å². The second-order valence-electron chi connectivity index (χ2n) is 7.42. The Kier molecular flexibility index (Phi) is 5.24. The highest BCUT2D eigenvalue weighted by atomic mass is 16.5. The Labute approximate surface area is 189 Å². The van der Waals surface area contributed by atoms with Crippen LogP contribution in [0.3, 0.4) is 0 Å². The van der Waals surface area contributed by atoms with E-state index in [1.54, 1.807) is 56.1 Å². The van der Waals surface area contributed by atoms with Crippen molar-refractivity contribution in [1.29, 1.82) is 0 Å². The van der Waals surface area contributed by atoms with Gasteiger partial charge >= 0.3 is 0 Å². The molecule has 1 amide bonds. The van der Waals surface area contributed by atoms with Crippen molar-refractivity contribution in [3.8, 4) is 5.75 Å². The zero-order valence-electron chi connectivity index (χ0n) is 17.8. The lowest BCUT2D eigenvalue weighted by Gasteiger charge is -2.33. The van der Waals surface area contributed by atoms with E-state index in [2.05, 4.69) is 10.3 Å². The van der Waals surface area contributed by atoms with Gasteiger partial charge in [-0.3, -0.25) is 9.78 Å². The van der Waals surface area contributed by atoms with E-state index in [1.807, 2.05) is 41.3 Å². The Bertz CT molecular complexity index is 1410. The van der Waals surface area contributed by atoms with Crippen LogP contribution in [0.1, 0.15) is 22.1 Å². The fraction of sp³-hybridized carbons (Fsp3) is 0.0800. The number of pyridine rings is 1. The Morgan fingerprint density at radius 3 is 2.73 bits per heavy atom. The van der Waals surface area contributed by atoms with Crippen LogP contribution in [0.25, 0.3) is 5.82 Å². The molecule has 8 nitrogen and oxygen atoms in total. The molecule has 3 heterocycles. The topological polar surface area (TPSA) is 106 Å². The van der Waals surface area contributed by atoms with Crippen LogP contribution in [-0.4, -0.2) is 18.0 Å². The van der Waals surface area contributed by atoms with Gasteiger partial charge in [-0.05, 0) is 60.2 Å². The third-order valence-electron chi connectivity index (χ3n) is 5.38. The van der Waals surface area contributed by atoms with Gasteiger partial charge < -0.3 is 25.1 Å². The minimum absolute atomic E-state index is 0.243. The van der Waals surface area contributed by atoms with Crippen LogP contribution in [0.5, 0.6) is 5.75 Å². The number of nitrogens with one attached hydrogen (secondary N) is 1. The number of amides is 1. The number of carbonyl (C=O) groups excluding carboxylic acids is 1. The molecule has 2 aromatic heterocycles. The van der Waals surface area contributed by atoms with Crippen molar-refractivity contribution in [2.24, 2.45) is 10.7 Å². The van der Waals surface area contributed by atoms with Crippen molar-refractivity contribution < 1.29 is 13.9 Å². The quantitative estimate of drug-likeness (QED) is 0.495. The summed E-state index contributed by atoms with van der Waals surface area (Å²) in [5, 5.41) is 3.57. The van der Waals surface area contributed by atoms with Gasteiger partial charge in [-0.2, -0.15) is 0 Å². The Hall–Kier alpha value is -4.59. The van der Waals surface area contributed by atoms with Gasteiger partial charge in [-0.1, -0.05) is 12.1 Å². The van der Waals surface area contributed by atoms with Crippen LogP contribution < -0.4 is 31.5 Å². The number of nitrogens with zero attached hydrogens (tertiary/aromatic N) is 3. The van der Waals surface area contributed by atoms with Crippen molar-refractivity contribution in [3.63, 3.8) is 0 Å². The van der Waals surface area contributed by atoms with Gasteiger partial charge in [0.2, 0.25) is 5.55 Å². The number of benzene rings is 2. The minimum atomic E-state index is -0.525. The molecule has 0 saturated carbocycles. The Balaban J connectivity index is 1.55. The lowest BCUT2D eigenvalue weighted by atomic mass is 10.1. The van der Waals surface area contributed by atoms with Crippen LogP contribution in [0.4, 0.5) is 11.4 Å². The SMILES string of the molecule is COc1ccc(N2C(N)=c3ccoc3=NC2c2cccc(C(=O)Nc3cccnc3)c2)cc1. The lowest BCUT2D eigenvalue weighted by molar-refractivity contribution is 0.102. The second-order valence-corrected chi connectivity index (χ2v) is 7.42. The summed E-state index contributed by atoms with van der Waals surface area (Å²) in [5.74, 6) is 1.00. The van der Waals surface area contributed by atoms with E-state index < -0.39 is 6.17 Å². The number of rotatable bonds is 5. The summed E-state index contributed by atoms with van der Waals surface area (Å²) in [6.45, 7) is 0. The standard InChI is InChI=1S/C25H21N5O3/c1-32-20-9-7-19(8-10-20)30-22(26)21-11-13-33-25(21)29-23(30)16-4-2-5-17(14-16)24(31)28-18-6-3-12-27-15-18/h2-15,23H,26H2,1H3,(H,28,31). The predicted octanol–water partition coefficient (Wildman–Crippen LogP) is 2.80. The molecule has 0 bridgehead atoms. The maximum absolute atomic E-state index is 12.8. The van der Waals surface area contributed by atoms with E-state index >= 15 is 0 Å². The number of methoxy groups -OCH3 is 1. The molecule has 8 heteroatoms. The van der Waals surface area contributed by atoms with E-state index in [1.165, 1.54) is 0 Å². The Morgan fingerprint density at radius 2 is 1.97 bits per heavy atom. The van der Waals surface area contributed by atoms with Gasteiger partial charge in [0.05, 0.1) is 30.5 Å². The lowest BCUT2D eigenvalue weighted by Crippen LogP contribution is -2.43. The Morgan fingerprint density at radius 1 is 1.12 bits per heavy atom. The summed E-state index contributed by atoms with van der Waals surface area (Å²) in [5.41, 5.74) is 9.75. The average molecular weight is 439 g/mol. The van der Waals surface area contributed by atoms with Crippen LogP contribution in [-0.2, 0) is 0 Å². The fourth-order valence-corrected chi connectivity index (χ4v) is 3.75. The molecular weight excluding hydrogens is 418 g/mol. The molecule has 1 atom stereocenters. The van der Waals surface area contributed by atoms with Crippen LogP contribution >= 0.6 is 0 Å². The first-order valence-electron chi connectivity index (χ1n) is 10.3. The van der Waals surface area contributed by atoms with Gasteiger partial charge in [-0.15, -0.1) is 0 Å². The maximum atomic E-state index is 12.8. The van der Waals surface area contributed by atoms with Gasteiger partial charge in [0, 0.05) is 17.4 Å². The summed E-state index contributed by atoms with van der Waals surface area (Å²) >= 11 is 0. The number of hydrogen-bond donors (Lipinski definition) is 2. The van der Waals surface area contributed by atoms with Crippen molar-refractivity contribution in [3.05, 3.63) is 107 Å². The number of furan rings is 1. The molecule has 164 valence electrons. The van der Waals surface area contributed by atoms with Gasteiger partial charge in [-0.25, -0.2) is 4.99 Å². The molecule has 1 aliphatic rings. The third kappa shape index (κ3) is 3.89. The molecule has 0 aliphatic carbocycles. The van der Waals surface area contributed by atoms with Gasteiger partial charge in [0.1, 0.15) is 11.6 Å². The van der Waals surface area contributed by atoms with Crippen LogP contribution in [0, 0.1) is 0 Å². The summed E-state index contributed by atoms with van der Waals surface area (Å²) in [7, 11) is 1.62. The molecule has 5 rings (SSSR count). The molecular formula is C25H21N5O3. The van der Waals surface area contributed by atoms with Crippen molar-refractivity contribution in [2.75, 3.05) is 17.3 Å². The summed E-state index contributed by atoms with van der Waals surface area (Å²) in [6.07, 6.45) is 4.28. The molecule has 4 aromatic rings. The summed E-state index contributed by atoms with van der Waals surface area (Å²) in [4.78, 5) is 23.6. The number of carbonyl (C=O) groups is 1. The number of ether oxygens (including phenoxy) is 1. The van der Waals surface area contributed by atoms with Crippen molar-refractivity contribution in [2.45, 2.75) is 6.17 Å². The normalized spacial score (nSPS) is 14.9. The number of hydrogen-bond acceptors (Lipinski definition) is 7. The minimum Gasteiger partial charge on any atom is -0.497 e. The number of aromatic nitrogens is 1.